The Labute approximate surface area is 156 Å². The second kappa shape index (κ2) is 10.8. The number of guanidine groups is 1. The van der Waals surface area contributed by atoms with E-state index in [1.165, 1.54) is 0 Å². The van der Waals surface area contributed by atoms with Gasteiger partial charge in [-0.2, -0.15) is 0 Å². The highest BCUT2D eigenvalue weighted by Gasteiger charge is 2.16. The van der Waals surface area contributed by atoms with Gasteiger partial charge in [-0.15, -0.1) is 0 Å². The Hall–Kier alpha value is -2.08. The van der Waals surface area contributed by atoms with Gasteiger partial charge in [0.1, 0.15) is 0 Å². The number of nitrogens with one attached hydrogen (secondary N) is 3. The summed E-state index contributed by atoms with van der Waals surface area (Å²) in [7, 11) is 0. The highest BCUT2D eigenvalue weighted by atomic mass is 16.5. The van der Waals surface area contributed by atoms with Crippen molar-refractivity contribution >= 4 is 11.9 Å². The zero-order chi connectivity index (χ0) is 18.8. The minimum Gasteiger partial charge on any atom is -0.376 e. The molecule has 1 saturated heterocycles. The molecule has 0 spiro atoms. The van der Waals surface area contributed by atoms with Gasteiger partial charge < -0.3 is 20.7 Å². The summed E-state index contributed by atoms with van der Waals surface area (Å²) in [6.07, 6.45) is 3.28. The third kappa shape index (κ3) is 6.67. The van der Waals surface area contributed by atoms with Crippen molar-refractivity contribution < 1.29 is 9.53 Å². The molecule has 6 nitrogen and oxygen atoms in total. The van der Waals surface area contributed by atoms with Gasteiger partial charge in [0.2, 0.25) is 0 Å². The quantitative estimate of drug-likeness (QED) is 0.492. The van der Waals surface area contributed by atoms with Crippen LogP contribution in [-0.2, 0) is 11.3 Å². The third-order valence-electron chi connectivity index (χ3n) is 4.46. The van der Waals surface area contributed by atoms with E-state index in [-0.39, 0.29) is 12.0 Å². The molecule has 1 aromatic carbocycles. The van der Waals surface area contributed by atoms with Crippen molar-refractivity contribution in [3.63, 3.8) is 0 Å². The van der Waals surface area contributed by atoms with Crippen LogP contribution in [0, 0.1) is 0 Å². The Morgan fingerprint density at radius 1 is 1.35 bits per heavy atom. The summed E-state index contributed by atoms with van der Waals surface area (Å²) in [6.45, 7) is 9.03. The number of hydrogen-bond acceptors (Lipinski definition) is 3. The Bertz CT molecular complexity index is 597. The Morgan fingerprint density at radius 2 is 2.19 bits per heavy atom. The van der Waals surface area contributed by atoms with Crippen LogP contribution in [0.3, 0.4) is 0 Å². The predicted octanol–water partition coefficient (Wildman–Crippen LogP) is 2.45. The number of rotatable bonds is 8. The van der Waals surface area contributed by atoms with Crippen LogP contribution in [0.15, 0.2) is 29.3 Å². The molecule has 0 bridgehead atoms. The van der Waals surface area contributed by atoms with Gasteiger partial charge in [-0.1, -0.05) is 19.1 Å². The second-order valence-corrected chi connectivity index (χ2v) is 6.69. The molecule has 2 rings (SSSR count). The molecule has 0 saturated carbocycles. The fraction of sp³-hybridized carbons (Fsp3) is 0.600. The highest BCUT2D eigenvalue weighted by molar-refractivity contribution is 5.94. The van der Waals surface area contributed by atoms with Crippen molar-refractivity contribution in [3.05, 3.63) is 35.4 Å². The topological polar surface area (TPSA) is 74.8 Å². The first kappa shape index (κ1) is 20.2. The van der Waals surface area contributed by atoms with Gasteiger partial charge in [0.25, 0.3) is 5.91 Å². The van der Waals surface area contributed by atoms with Gasteiger partial charge in [0.15, 0.2) is 5.96 Å². The molecule has 1 heterocycles. The first-order chi connectivity index (χ1) is 12.6. The summed E-state index contributed by atoms with van der Waals surface area (Å²) in [4.78, 5) is 17.0. The third-order valence-corrected chi connectivity index (χ3v) is 4.46. The van der Waals surface area contributed by atoms with Crippen LogP contribution in [0.1, 0.15) is 56.0 Å². The van der Waals surface area contributed by atoms with E-state index in [0.717, 1.165) is 43.9 Å². The van der Waals surface area contributed by atoms with Gasteiger partial charge >= 0.3 is 0 Å². The van der Waals surface area contributed by atoms with E-state index >= 15 is 0 Å². The zero-order valence-electron chi connectivity index (χ0n) is 16.2. The summed E-state index contributed by atoms with van der Waals surface area (Å²) >= 11 is 0. The van der Waals surface area contributed by atoms with Crippen molar-refractivity contribution in [2.24, 2.45) is 4.99 Å². The summed E-state index contributed by atoms with van der Waals surface area (Å²) in [5, 5.41) is 9.59. The van der Waals surface area contributed by atoms with Crippen LogP contribution in [0.4, 0.5) is 0 Å². The molecule has 1 aliphatic rings. The number of aliphatic imine (C=N–C) groups is 1. The molecule has 1 fully saturated rings. The van der Waals surface area contributed by atoms with E-state index in [9.17, 15) is 4.79 Å². The van der Waals surface area contributed by atoms with E-state index in [1.54, 1.807) is 0 Å². The van der Waals surface area contributed by atoms with Crippen LogP contribution in [0.25, 0.3) is 0 Å². The minimum absolute atomic E-state index is 0.0593. The van der Waals surface area contributed by atoms with Gasteiger partial charge in [-0.3, -0.25) is 4.79 Å². The molecule has 0 aliphatic carbocycles. The van der Waals surface area contributed by atoms with Crippen molar-refractivity contribution in [1.82, 2.24) is 16.0 Å². The highest BCUT2D eigenvalue weighted by Crippen LogP contribution is 2.11. The summed E-state index contributed by atoms with van der Waals surface area (Å²) in [5.74, 6) is 0.742. The average Bonchev–Trinajstić information content (AvgIpc) is 3.18. The zero-order valence-corrected chi connectivity index (χ0v) is 16.2. The van der Waals surface area contributed by atoms with Gasteiger partial charge in [-0.25, -0.2) is 4.99 Å². The molecular formula is C20H32N4O2. The van der Waals surface area contributed by atoms with Gasteiger partial charge in [0, 0.05) is 31.3 Å². The average molecular weight is 361 g/mol. The number of nitrogens with zero attached hydrogens (tertiary/aromatic N) is 1. The summed E-state index contributed by atoms with van der Waals surface area (Å²) in [6, 6.07) is 8.00. The monoisotopic (exact) mass is 360 g/mol. The standard InChI is InChI=1S/C20H32N4O2/c1-4-15(3)24-20(21-5-2)23-13-16-8-6-9-17(12-16)19(25)22-14-18-10-7-11-26-18/h6,8-9,12,15,18H,4-5,7,10-11,13-14H2,1-3H3,(H,22,25)(H2,21,23,24). The van der Waals surface area contributed by atoms with Crippen LogP contribution >= 0.6 is 0 Å². The van der Waals surface area contributed by atoms with Crippen molar-refractivity contribution in [2.75, 3.05) is 19.7 Å². The molecule has 1 aliphatic heterocycles. The largest absolute Gasteiger partial charge is 0.376 e. The Kier molecular flexibility index (Phi) is 8.41. The normalized spacial score (nSPS) is 18.4. The molecule has 144 valence electrons. The maximum atomic E-state index is 12.4. The van der Waals surface area contributed by atoms with Crippen LogP contribution in [-0.4, -0.2) is 43.7 Å². The molecule has 2 unspecified atom stereocenters. The lowest BCUT2D eigenvalue weighted by atomic mass is 10.1. The first-order valence-electron chi connectivity index (χ1n) is 9.66. The van der Waals surface area contributed by atoms with E-state index in [2.05, 4.69) is 34.8 Å². The molecule has 3 N–H and O–H groups in total. The van der Waals surface area contributed by atoms with Crippen LogP contribution in [0.5, 0.6) is 0 Å². The number of ether oxygens (including phenoxy) is 1. The summed E-state index contributed by atoms with van der Waals surface area (Å²) < 4.78 is 5.55. The fourth-order valence-electron chi connectivity index (χ4n) is 2.75. The van der Waals surface area contributed by atoms with E-state index in [1.807, 2.05) is 31.2 Å². The van der Waals surface area contributed by atoms with Crippen molar-refractivity contribution in [3.8, 4) is 0 Å². The summed E-state index contributed by atoms with van der Waals surface area (Å²) in [5.41, 5.74) is 1.67. The predicted molar refractivity (Wildman–Crippen MR) is 105 cm³/mol. The number of amides is 1. The van der Waals surface area contributed by atoms with Gasteiger partial charge in [-0.05, 0) is 50.8 Å². The molecule has 0 aromatic heterocycles. The lowest BCUT2D eigenvalue weighted by Crippen LogP contribution is -2.41. The van der Waals surface area contributed by atoms with E-state index < -0.39 is 0 Å². The molecule has 0 radical (unpaired) electrons. The number of carbonyl (C=O) groups is 1. The Balaban J connectivity index is 1.93. The molecule has 2 atom stereocenters. The van der Waals surface area contributed by atoms with E-state index in [0.29, 0.717) is 24.7 Å². The molecule has 6 heteroatoms. The maximum Gasteiger partial charge on any atom is 0.251 e. The molecule has 26 heavy (non-hydrogen) atoms. The number of benzene rings is 1. The van der Waals surface area contributed by atoms with Crippen molar-refractivity contribution in [1.29, 1.82) is 0 Å². The van der Waals surface area contributed by atoms with Crippen LogP contribution < -0.4 is 16.0 Å². The van der Waals surface area contributed by atoms with Crippen LogP contribution in [0.2, 0.25) is 0 Å². The lowest BCUT2D eigenvalue weighted by molar-refractivity contribution is 0.0857. The maximum absolute atomic E-state index is 12.4. The smallest absolute Gasteiger partial charge is 0.251 e. The second-order valence-electron chi connectivity index (χ2n) is 6.69. The van der Waals surface area contributed by atoms with E-state index in [4.69, 9.17) is 4.74 Å². The van der Waals surface area contributed by atoms with Gasteiger partial charge in [0.05, 0.1) is 12.6 Å². The first-order valence-corrected chi connectivity index (χ1v) is 9.66. The minimum atomic E-state index is -0.0593. The number of carbonyl (C=O) groups excluding carboxylic acids is 1. The van der Waals surface area contributed by atoms with Crippen molar-refractivity contribution in [2.45, 2.75) is 58.7 Å². The fourth-order valence-corrected chi connectivity index (χ4v) is 2.75. The molecule has 1 amide bonds. The lowest BCUT2D eigenvalue weighted by Gasteiger charge is -2.16. The molecular weight excluding hydrogens is 328 g/mol. The number of hydrogen-bond donors (Lipinski definition) is 3. The SMILES string of the molecule is CCNC(=NCc1cccc(C(=O)NCC2CCCO2)c1)NC(C)CC. The Morgan fingerprint density at radius 3 is 2.88 bits per heavy atom. The molecule has 1 aromatic rings.